The standard InChI is InChI=1S/C14H21ClN4O5SSi/c1-25(22,23)17-14-12-10(15)5-6-11(19(20)21)13(12)18(16-14)9-24-7-8-26(2,3)4/h5-6H,7-9H2,1-4H3,(H,16,17). The van der Waals surface area contributed by atoms with Gasteiger partial charge in [-0.1, -0.05) is 31.2 Å². The minimum Gasteiger partial charge on any atom is -0.360 e. The first-order chi connectivity index (χ1) is 11.9. The molecule has 0 aliphatic rings. The van der Waals surface area contributed by atoms with Crippen molar-refractivity contribution in [3.63, 3.8) is 0 Å². The lowest BCUT2D eigenvalue weighted by Crippen LogP contribution is -2.22. The zero-order valence-corrected chi connectivity index (χ0v) is 17.5. The van der Waals surface area contributed by atoms with Crippen molar-refractivity contribution in [1.29, 1.82) is 0 Å². The third-order valence-electron chi connectivity index (χ3n) is 3.51. The lowest BCUT2D eigenvalue weighted by molar-refractivity contribution is -0.383. The number of rotatable bonds is 8. The van der Waals surface area contributed by atoms with E-state index in [0.717, 1.165) is 12.3 Å². The average molecular weight is 421 g/mol. The van der Waals surface area contributed by atoms with E-state index >= 15 is 0 Å². The van der Waals surface area contributed by atoms with Gasteiger partial charge in [-0.05, 0) is 12.1 Å². The van der Waals surface area contributed by atoms with E-state index in [1.165, 1.54) is 16.8 Å². The fraction of sp³-hybridized carbons (Fsp3) is 0.500. The summed E-state index contributed by atoms with van der Waals surface area (Å²) in [5, 5.41) is 15.8. The number of aromatic nitrogens is 2. The maximum atomic E-state index is 11.6. The quantitative estimate of drug-likeness (QED) is 0.303. The average Bonchev–Trinajstić information content (AvgIpc) is 2.80. The number of sulfonamides is 1. The van der Waals surface area contributed by atoms with Gasteiger partial charge in [0, 0.05) is 20.7 Å². The van der Waals surface area contributed by atoms with Crippen LogP contribution < -0.4 is 4.72 Å². The van der Waals surface area contributed by atoms with Crippen LogP contribution in [0.15, 0.2) is 12.1 Å². The molecule has 0 saturated heterocycles. The Labute approximate surface area is 157 Å². The Morgan fingerprint density at radius 3 is 2.58 bits per heavy atom. The maximum Gasteiger partial charge on any atom is 0.295 e. The summed E-state index contributed by atoms with van der Waals surface area (Å²) in [5.41, 5.74) is -0.117. The molecule has 1 aromatic carbocycles. The molecular weight excluding hydrogens is 400 g/mol. The van der Waals surface area contributed by atoms with Gasteiger partial charge in [0.1, 0.15) is 6.73 Å². The van der Waals surface area contributed by atoms with Crippen molar-refractivity contribution in [2.45, 2.75) is 32.4 Å². The van der Waals surface area contributed by atoms with Crippen LogP contribution in [-0.4, -0.2) is 44.1 Å². The Morgan fingerprint density at radius 2 is 2.04 bits per heavy atom. The van der Waals surface area contributed by atoms with Crippen LogP contribution >= 0.6 is 11.6 Å². The molecule has 9 nitrogen and oxygen atoms in total. The Kier molecular flexibility index (Phi) is 5.95. The number of hydrogen-bond acceptors (Lipinski definition) is 6. The molecule has 2 aromatic rings. The van der Waals surface area contributed by atoms with Crippen LogP contribution in [0.3, 0.4) is 0 Å². The van der Waals surface area contributed by atoms with Crippen LogP contribution in [0.4, 0.5) is 11.5 Å². The van der Waals surface area contributed by atoms with Gasteiger partial charge in [0.05, 0.1) is 21.6 Å². The third-order valence-corrected chi connectivity index (χ3v) is 6.09. The van der Waals surface area contributed by atoms with E-state index in [0.29, 0.717) is 6.61 Å². The van der Waals surface area contributed by atoms with E-state index in [1.807, 2.05) is 0 Å². The largest absolute Gasteiger partial charge is 0.360 e. The summed E-state index contributed by atoms with van der Waals surface area (Å²) in [7, 11) is -4.93. The normalized spacial score (nSPS) is 12.5. The van der Waals surface area contributed by atoms with Crippen molar-refractivity contribution < 1.29 is 18.1 Å². The molecule has 1 N–H and O–H groups in total. The van der Waals surface area contributed by atoms with Crippen molar-refractivity contribution in [2.24, 2.45) is 0 Å². The summed E-state index contributed by atoms with van der Waals surface area (Å²) >= 11 is 6.16. The number of fused-ring (bicyclic) bond motifs is 1. The summed E-state index contributed by atoms with van der Waals surface area (Å²) in [6, 6.07) is 3.52. The topological polar surface area (TPSA) is 116 Å². The number of halogens is 1. The lowest BCUT2D eigenvalue weighted by Gasteiger charge is -2.15. The number of nitro benzene ring substituents is 1. The first-order valence-electron chi connectivity index (χ1n) is 7.78. The van der Waals surface area contributed by atoms with Crippen molar-refractivity contribution in [3.05, 3.63) is 27.3 Å². The predicted octanol–water partition coefficient (Wildman–Crippen LogP) is 3.28. The summed E-state index contributed by atoms with van der Waals surface area (Å²) in [6.07, 6.45) is 0.966. The second-order valence-electron chi connectivity index (χ2n) is 7.12. The smallest absolute Gasteiger partial charge is 0.295 e. The molecule has 0 fully saturated rings. The molecule has 0 atom stereocenters. The van der Waals surface area contributed by atoms with Gasteiger partial charge < -0.3 is 4.74 Å². The fourth-order valence-electron chi connectivity index (χ4n) is 2.28. The first-order valence-corrected chi connectivity index (χ1v) is 13.8. The van der Waals surface area contributed by atoms with Crippen molar-refractivity contribution in [3.8, 4) is 0 Å². The summed E-state index contributed by atoms with van der Waals surface area (Å²) in [5.74, 6) is -0.0648. The van der Waals surface area contributed by atoms with Crippen LogP contribution in [0.2, 0.25) is 30.7 Å². The van der Waals surface area contributed by atoms with Crippen LogP contribution in [0, 0.1) is 10.1 Å². The van der Waals surface area contributed by atoms with E-state index < -0.39 is 23.0 Å². The highest BCUT2D eigenvalue weighted by atomic mass is 35.5. The Morgan fingerprint density at radius 1 is 1.38 bits per heavy atom. The van der Waals surface area contributed by atoms with E-state index in [2.05, 4.69) is 29.5 Å². The van der Waals surface area contributed by atoms with Gasteiger partial charge in [-0.2, -0.15) is 5.10 Å². The summed E-state index contributed by atoms with van der Waals surface area (Å²) in [6.45, 7) is 7.06. The summed E-state index contributed by atoms with van der Waals surface area (Å²) < 4.78 is 32.3. The zero-order chi connectivity index (χ0) is 19.7. The molecule has 0 aliphatic heterocycles. The van der Waals surface area contributed by atoms with Gasteiger partial charge in [-0.15, -0.1) is 0 Å². The van der Waals surface area contributed by atoms with Gasteiger partial charge in [0.2, 0.25) is 10.0 Å². The first kappa shape index (κ1) is 20.6. The monoisotopic (exact) mass is 420 g/mol. The Balaban J connectivity index is 2.47. The lowest BCUT2D eigenvalue weighted by atomic mass is 10.2. The number of ether oxygens (including phenoxy) is 1. The van der Waals surface area contributed by atoms with Gasteiger partial charge in [0.15, 0.2) is 11.3 Å². The van der Waals surface area contributed by atoms with Gasteiger partial charge in [-0.3, -0.25) is 14.8 Å². The predicted molar refractivity (Wildman–Crippen MR) is 104 cm³/mol. The Hall–Kier alpha value is -1.69. The van der Waals surface area contributed by atoms with Crippen molar-refractivity contribution >= 4 is 52.1 Å². The van der Waals surface area contributed by atoms with E-state index in [4.69, 9.17) is 16.3 Å². The van der Waals surface area contributed by atoms with Gasteiger partial charge >= 0.3 is 0 Å². The second kappa shape index (κ2) is 7.51. The fourth-order valence-corrected chi connectivity index (χ4v) is 3.77. The van der Waals surface area contributed by atoms with Crippen LogP contribution in [0.25, 0.3) is 10.9 Å². The van der Waals surface area contributed by atoms with Crippen molar-refractivity contribution in [2.75, 3.05) is 17.6 Å². The minimum absolute atomic E-state index is 0.0480. The maximum absolute atomic E-state index is 11.6. The molecule has 2 rings (SSSR count). The number of nitrogens with one attached hydrogen (secondary N) is 1. The molecule has 0 aliphatic carbocycles. The number of nitro groups is 1. The van der Waals surface area contributed by atoms with Crippen LogP contribution in [0.1, 0.15) is 0 Å². The van der Waals surface area contributed by atoms with Gasteiger partial charge in [0.25, 0.3) is 5.69 Å². The molecule has 0 spiro atoms. The summed E-state index contributed by atoms with van der Waals surface area (Å²) in [4.78, 5) is 10.8. The van der Waals surface area contributed by atoms with Gasteiger partial charge in [-0.25, -0.2) is 13.1 Å². The SMILES string of the molecule is C[Si](C)(C)CCOCn1nc(NS(C)(=O)=O)c2c(Cl)ccc([N+](=O)[O-])c21. The molecule has 26 heavy (non-hydrogen) atoms. The van der Waals surface area contributed by atoms with Crippen LogP contribution in [0.5, 0.6) is 0 Å². The second-order valence-corrected chi connectivity index (χ2v) is 14.9. The molecule has 12 heteroatoms. The third kappa shape index (κ3) is 5.16. The number of nitrogens with zero attached hydrogens (tertiary/aromatic N) is 3. The molecule has 0 saturated carbocycles. The number of non-ortho nitro benzene ring substituents is 1. The zero-order valence-electron chi connectivity index (χ0n) is 14.9. The molecule has 1 heterocycles. The molecule has 0 amide bonds. The molecule has 144 valence electrons. The number of benzene rings is 1. The molecule has 0 radical (unpaired) electrons. The van der Waals surface area contributed by atoms with E-state index in [9.17, 15) is 18.5 Å². The highest BCUT2D eigenvalue weighted by molar-refractivity contribution is 7.92. The highest BCUT2D eigenvalue weighted by Gasteiger charge is 2.24. The molecule has 0 bridgehead atoms. The minimum atomic E-state index is -3.64. The van der Waals surface area contributed by atoms with Crippen molar-refractivity contribution in [1.82, 2.24) is 9.78 Å². The van der Waals surface area contributed by atoms with E-state index in [1.54, 1.807) is 0 Å². The Bertz CT molecular complexity index is 939. The molecule has 1 aromatic heterocycles. The van der Waals surface area contributed by atoms with E-state index in [-0.39, 0.29) is 34.2 Å². The number of anilines is 1. The molecule has 0 unspecified atom stereocenters. The molecular formula is C14H21ClN4O5SSi. The highest BCUT2D eigenvalue weighted by Crippen LogP contribution is 2.36. The number of hydrogen-bond donors (Lipinski definition) is 1. The van der Waals surface area contributed by atoms with Crippen LogP contribution in [-0.2, 0) is 21.5 Å².